The maximum atomic E-state index is 10.6. The van der Waals surface area contributed by atoms with Crippen LogP contribution in [0.25, 0.3) is 0 Å². The first-order valence-corrected chi connectivity index (χ1v) is 7.65. The lowest BCUT2D eigenvalue weighted by atomic mass is 10.1. The van der Waals surface area contributed by atoms with Crippen molar-refractivity contribution in [3.8, 4) is 0 Å². The summed E-state index contributed by atoms with van der Waals surface area (Å²) in [5.41, 5.74) is -0.0346. The van der Waals surface area contributed by atoms with Crippen LogP contribution in [0, 0.1) is 16.0 Å². The predicted molar refractivity (Wildman–Crippen MR) is 76.8 cm³/mol. The Bertz CT molecular complexity index is 510. The van der Waals surface area contributed by atoms with Gasteiger partial charge in [0, 0.05) is 18.6 Å². The fourth-order valence-electron chi connectivity index (χ4n) is 2.97. The molecule has 0 amide bonds. The molecule has 0 saturated heterocycles. The first-order valence-electron chi connectivity index (χ1n) is 7.65. The van der Waals surface area contributed by atoms with Crippen molar-refractivity contribution in [1.29, 1.82) is 0 Å². The van der Waals surface area contributed by atoms with Gasteiger partial charge in [-0.15, -0.1) is 0 Å². The molecular formula is C14H22N4O3. The number of rotatable bonds is 8. The first-order chi connectivity index (χ1) is 10.0. The van der Waals surface area contributed by atoms with Crippen molar-refractivity contribution in [2.45, 2.75) is 57.3 Å². The van der Waals surface area contributed by atoms with Crippen LogP contribution in [0.2, 0.25) is 0 Å². The lowest BCUT2D eigenvalue weighted by molar-refractivity contribution is -0.385. The van der Waals surface area contributed by atoms with Crippen LogP contribution in [-0.4, -0.2) is 49.4 Å². The smallest absolute Gasteiger partial charge is 0.306 e. The topological polar surface area (TPSA) is 84.4 Å². The van der Waals surface area contributed by atoms with Crippen LogP contribution < -0.4 is 0 Å². The third-order valence-corrected chi connectivity index (χ3v) is 4.49. The van der Waals surface area contributed by atoms with Crippen molar-refractivity contribution < 1.29 is 10.0 Å². The molecule has 1 aromatic heterocycles. The second-order valence-electron chi connectivity index (χ2n) is 6.34. The van der Waals surface area contributed by atoms with Gasteiger partial charge in [-0.1, -0.05) is 0 Å². The highest BCUT2D eigenvalue weighted by atomic mass is 16.6. The molecule has 21 heavy (non-hydrogen) atoms. The average molecular weight is 294 g/mol. The molecule has 116 valence electrons. The standard InChI is InChI=1S/C14H22N4O3/c1-10(11-2-3-11)17(12-4-5-12)9-14(19)8-16-7-13(6-15-16)18(20)21/h6-7,10-12,14,19H,2-5,8-9H2,1H3. The molecule has 0 aliphatic heterocycles. The fourth-order valence-corrected chi connectivity index (χ4v) is 2.97. The summed E-state index contributed by atoms with van der Waals surface area (Å²) in [6.07, 6.45) is 7.07. The van der Waals surface area contributed by atoms with Crippen molar-refractivity contribution in [2.75, 3.05) is 6.54 Å². The van der Waals surface area contributed by atoms with E-state index in [1.807, 2.05) is 0 Å². The number of aromatic nitrogens is 2. The van der Waals surface area contributed by atoms with Gasteiger partial charge in [-0.3, -0.25) is 19.7 Å². The fraction of sp³-hybridized carbons (Fsp3) is 0.786. The molecule has 2 fully saturated rings. The number of aliphatic hydroxyl groups is 1. The molecule has 0 radical (unpaired) electrons. The maximum absolute atomic E-state index is 10.6. The lowest BCUT2D eigenvalue weighted by Gasteiger charge is -2.31. The van der Waals surface area contributed by atoms with E-state index in [-0.39, 0.29) is 5.69 Å². The molecule has 2 atom stereocenters. The van der Waals surface area contributed by atoms with Gasteiger partial charge in [0.1, 0.15) is 12.4 Å². The largest absolute Gasteiger partial charge is 0.390 e. The molecule has 0 aromatic carbocycles. The Morgan fingerprint density at radius 1 is 1.52 bits per heavy atom. The van der Waals surface area contributed by atoms with Crippen LogP contribution >= 0.6 is 0 Å². The van der Waals surface area contributed by atoms with E-state index in [0.717, 1.165) is 5.92 Å². The van der Waals surface area contributed by atoms with E-state index in [4.69, 9.17) is 0 Å². The number of nitro groups is 1. The minimum Gasteiger partial charge on any atom is -0.390 e. The van der Waals surface area contributed by atoms with E-state index in [1.54, 1.807) is 0 Å². The van der Waals surface area contributed by atoms with Gasteiger partial charge in [0.2, 0.25) is 0 Å². The minimum atomic E-state index is -0.550. The molecule has 7 nitrogen and oxygen atoms in total. The predicted octanol–water partition coefficient (Wildman–Crippen LogP) is 1.42. The number of nitrogens with zero attached hydrogens (tertiary/aromatic N) is 4. The third kappa shape index (κ3) is 3.59. The lowest BCUT2D eigenvalue weighted by Crippen LogP contribution is -2.42. The van der Waals surface area contributed by atoms with Gasteiger partial charge in [-0.2, -0.15) is 5.10 Å². The van der Waals surface area contributed by atoms with Crippen molar-refractivity contribution in [1.82, 2.24) is 14.7 Å². The molecule has 1 N–H and O–H groups in total. The Kier molecular flexibility index (Phi) is 3.95. The minimum absolute atomic E-state index is 0.0346. The first kappa shape index (κ1) is 14.5. The molecule has 1 heterocycles. The molecule has 0 bridgehead atoms. The van der Waals surface area contributed by atoms with Gasteiger partial charge in [-0.25, -0.2) is 0 Å². The van der Waals surface area contributed by atoms with Crippen LogP contribution in [0.1, 0.15) is 32.6 Å². The van der Waals surface area contributed by atoms with E-state index < -0.39 is 11.0 Å². The number of hydrogen-bond donors (Lipinski definition) is 1. The maximum Gasteiger partial charge on any atom is 0.306 e. The normalized spacial score (nSPS) is 21.5. The summed E-state index contributed by atoms with van der Waals surface area (Å²) in [6, 6.07) is 1.14. The van der Waals surface area contributed by atoms with Crippen LogP contribution in [0.15, 0.2) is 12.4 Å². The van der Waals surface area contributed by atoms with Crippen LogP contribution in [0.3, 0.4) is 0 Å². The summed E-state index contributed by atoms with van der Waals surface area (Å²) in [5, 5.41) is 24.8. The van der Waals surface area contributed by atoms with Gasteiger partial charge in [0.05, 0.1) is 17.6 Å². The summed E-state index contributed by atoms with van der Waals surface area (Å²) < 4.78 is 1.45. The Morgan fingerprint density at radius 3 is 2.76 bits per heavy atom. The van der Waals surface area contributed by atoms with E-state index in [0.29, 0.717) is 25.2 Å². The van der Waals surface area contributed by atoms with Gasteiger partial charge in [-0.05, 0) is 38.5 Å². The summed E-state index contributed by atoms with van der Waals surface area (Å²) in [5.74, 6) is 0.781. The zero-order chi connectivity index (χ0) is 15.0. The highest BCUT2D eigenvalue weighted by molar-refractivity contribution is 5.20. The summed E-state index contributed by atoms with van der Waals surface area (Å²) >= 11 is 0. The van der Waals surface area contributed by atoms with E-state index in [2.05, 4.69) is 16.9 Å². The molecule has 7 heteroatoms. The Balaban J connectivity index is 1.56. The number of hydrogen-bond acceptors (Lipinski definition) is 5. The van der Waals surface area contributed by atoms with Crippen molar-refractivity contribution >= 4 is 5.69 Å². The quantitative estimate of drug-likeness (QED) is 0.579. The molecule has 0 spiro atoms. The monoisotopic (exact) mass is 294 g/mol. The van der Waals surface area contributed by atoms with Gasteiger partial charge in [0.25, 0.3) is 0 Å². The molecule has 2 aliphatic rings. The zero-order valence-electron chi connectivity index (χ0n) is 12.3. The van der Waals surface area contributed by atoms with E-state index in [9.17, 15) is 15.2 Å². The van der Waals surface area contributed by atoms with Crippen LogP contribution in [0.5, 0.6) is 0 Å². The molecular weight excluding hydrogens is 272 g/mol. The SMILES string of the molecule is CC(C1CC1)N(CC(O)Cn1cc([N+](=O)[O-])cn1)C1CC1. The number of aliphatic hydroxyl groups excluding tert-OH is 1. The zero-order valence-corrected chi connectivity index (χ0v) is 12.3. The molecule has 2 aliphatic carbocycles. The molecule has 2 saturated carbocycles. The summed E-state index contributed by atoms with van der Waals surface area (Å²) in [4.78, 5) is 12.6. The molecule has 2 unspecified atom stereocenters. The molecule has 3 rings (SSSR count). The Labute approximate surface area is 123 Å². The summed E-state index contributed by atoms with van der Waals surface area (Å²) in [6.45, 7) is 3.17. The highest BCUT2D eigenvalue weighted by Gasteiger charge is 2.39. The Morgan fingerprint density at radius 2 is 2.24 bits per heavy atom. The van der Waals surface area contributed by atoms with Crippen LogP contribution in [0.4, 0.5) is 5.69 Å². The van der Waals surface area contributed by atoms with E-state index in [1.165, 1.54) is 42.8 Å². The van der Waals surface area contributed by atoms with Gasteiger partial charge >= 0.3 is 5.69 Å². The van der Waals surface area contributed by atoms with Gasteiger partial charge in [0.15, 0.2) is 0 Å². The van der Waals surface area contributed by atoms with Crippen molar-refractivity contribution in [3.63, 3.8) is 0 Å². The van der Waals surface area contributed by atoms with Crippen LogP contribution in [-0.2, 0) is 6.54 Å². The van der Waals surface area contributed by atoms with Gasteiger partial charge < -0.3 is 5.11 Å². The molecule has 1 aromatic rings. The second kappa shape index (κ2) is 5.73. The highest BCUT2D eigenvalue weighted by Crippen LogP contribution is 2.39. The van der Waals surface area contributed by atoms with Crippen molar-refractivity contribution in [3.05, 3.63) is 22.5 Å². The second-order valence-corrected chi connectivity index (χ2v) is 6.34. The third-order valence-electron chi connectivity index (χ3n) is 4.49. The Hall–Kier alpha value is -1.47. The van der Waals surface area contributed by atoms with Crippen molar-refractivity contribution in [2.24, 2.45) is 5.92 Å². The van der Waals surface area contributed by atoms with E-state index >= 15 is 0 Å². The summed E-state index contributed by atoms with van der Waals surface area (Å²) in [7, 11) is 0. The average Bonchev–Trinajstić information content (AvgIpc) is 3.33.